The first kappa shape index (κ1) is 13.1. The number of hydrogen-bond acceptors (Lipinski definition) is 3. The Bertz CT molecular complexity index is 458. The molecule has 0 spiro atoms. The molecule has 0 radical (unpaired) electrons. The average Bonchev–Trinajstić information content (AvgIpc) is 3.08. The van der Waals surface area contributed by atoms with E-state index in [0.717, 1.165) is 6.54 Å². The molecule has 1 aliphatic carbocycles. The molecule has 18 heavy (non-hydrogen) atoms. The van der Waals surface area contributed by atoms with Crippen LogP contribution in [-0.2, 0) is 0 Å². The maximum absolute atomic E-state index is 10.9. The summed E-state index contributed by atoms with van der Waals surface area (Å²) in [7, 11) is 0. The second kappa shape index (κ2) is 5.14. The number of pyridine rings is 1. The smallest absolute Gasteiger partial charge is 0.337 e. The zero-order chi connectivity index (χ0) is 13.2. The minimum atomic E-state index is -1.03. The first-order valence-corrected chi connectivity index (χ1v) is 6.57. The molecule has 0 aromatic carbocycles. The summed E-state index contributed by atoms with van der Waals surface area (Å²) in [5, 5.41) is 12.4. The Morgan fingerprint density at radius 1 is 1.61 bits per heavy atom. The van der Waals surface area contributed by atoms with Gasteiger partial charge in [0.15, 0.2) is 0 Å². The third kappa shape index (κ3) is 2.93. The van der Waals surface area contributed by atoms with Crippen molar-refractivity contribution in [2.75, 3.05) is 11.9 Å². The van der Waals surface area contributed by atoms with Crippen LogP contribution in [0.1, 0.15) is 43.0 Å². The maximum atomic E-state index is 10.9. The first-order valence-electron chi connectivity index (χ1n) is 6.19. The van der Waals surface area contributed by atoms with Crippen molar-refractivity contribution in [3.05, 3.63) is 22.8 Å². The van der Waals surface area contributed by atoms with Crippen molar-refractivity contribution in [2.24, 2.45) is 5.41 Å². The molecule has 0 unspecified atom stereocenters. The third-order valence-electron chi connectivity index (χ3n) is 3.47. The SMILES string of the molecule is CCCC1(CNc2cc(C(=O)O)c(Cl)cn2)CC1. The van der Waals surface area contributed by atoms with Crippen LogP contribution in [0, 0.1) is 5.41 Å². The minimum absolute atomic E-state index is 0.0921. The van der Waals surface area contributed by atoms with Gasteiger partial charge in [-0.25, -0.2) is 9.78 Å². The second-order valence-corrected chi connectivity index (χ2v) is 5.37. The highest BCUT2D eigenvalue weighted by molar-refractivity contribution is 6.33. The van der Waals surface area contributed by atoms with Gasteiger partial charge in [0, 0.05) is 12.7 Å². The average molecular weight is 269 g/mol. The van der Waals surface area contributed by atoms with Crippen molar-refractivity contribution >= 4 is 23.4 Å². The van der Waals surface area contributed by atoms with Crippen LogP contribution in [-0.4, -0.2) is 22.6 Å². The van der Waals surface area contributed by atoms with Gasteiger partial charge in [-0.3, -0.25) is 0 Å². The van der Waals surface area contributed by atoms with E-state index in [-0.39, 0.29) is 10.6 Å². The molecule has 2 N–H and O–H groups in total. The van der Waals surface area contributed by atoms with Crippen molar-refractivity contribution in [3.8, 4) is 0 Å². The normalized spacial score (nSPS) is 16.3. The summed E-state index contributed by atoms with van der Waals surface area (Å²) in [4.78, 5) is 15.1. The van der Waals surface area contributed by atoms with E-state index in [2.05, 4.69) is 17.2 Å². The number of hydrogen-bond donors (Lipinski definition) is 2. The summed E-state index contributed by atoms with van der Waals surface area (Å²) in [6.07, 6.45) is 6.25. The van der Waals surface area contributed by atoms with E-state index < -0.39 is 5.97 Å². The lowest BCUT2D eigenvalue weighted by Crippen LogP contribution is -2.16. The van der Waals surface area contributed by atoms with E-state index in [1.165, 1.54) is 37.9 Å². The molecule has 1 aliphatic rings. The Morgan fingerprint density at radius 2 is 2.33 bits per heavy atom. The number of carboxylic acid groups (broad SMARTS) is 1. The summed E-state index contributed by atoms with van der Waals surface area (Å²) < 4.78 is 0. The van der Waals surface area contributed by atoms with E-state index in [9.17, 15) is 4.79 Å². The molecule has 1 heterocycles. The van der Waals surface area contributed by atoms with Gasteiger partial charge in [0.2, 0.25) is 0 Å². The number of nitrogens with zero attached hydrogens (tertiary/aromatic N) is 1. The monoisotopic (exact) mass is 268 g/mol. The molecular formula is C13H17ClN2O2. The number of rotatable bonds is 6. The molecule has 1 fully saturated rings. The van der Waals surface area contributed by atoms with Crippen LogP contribution in [0.3, 0.4) is 0 Å². The standard InChI is InChI=1S/C13H17ClN2O2/c1-2-3-13(4-5-13)8-16-11-6-9(12(17)18)10(14)7-15-11/h6-7H,2-5,8H2,1H3,(H,15,16)(H,17,18). The van der Waals surface area contributed by atoms with Gasteiger partial charge in [-0.15, -0.1) is 0 Å². The van der Waals surface area contributed by atoms with E-state index in [1.807, 2.05) is 0 Å². The van der Waals surface area contributed by atoms with Crippen molar-refractivity contribution in [2.45, 2.75) is 32.6 Å². The summed E-state index contributed by atoms with van der Waals surface area (Å²) in [5.41, 5.74) is 0.494. The number of aromatic carboxylic acids is 1. The predicted molar refractivity (Wildman–Crippen MR) is 71.3 cm³/mol. The molecule has 1 aromatic rings. The lowest BCUT2D eigenvalue weighted by Gasteiger charge is -2.15. The molecule has 4 nitrogen and oxygen atoms in total. The zero-order valence-corrected chi connectivity index (χ0v) is 11.1. The summed E-state index contributed by atoms with van der Waals surface area (Å²) >= 11 is 5.77. The molecule has 0 atom stereocenters. The van der Waals surface area contributed by atoms with Gasteiger partial charge in [-0.1, -0.05) is 24.9 Å². The molecule has 0 bridgehead atoms. The van der Waals surface area contributed by atoms with Gasteiger partial charge >= 0.3 is 5.97 Å². The highest BCUT2D eigenvalue weighted by atomic mass is 35.5. The number of aromatic nitrogens is 1. The fourth-order valence-corrected chi connectivity index (χ4v) is 2.38. The highest BCUT2D eigenvalue weighted by Gasteiger charge is 2.41. The summed E-state index contributed by atoms with van der Waals surface area (Å²) in [6.45, 7) is 3.04. The van der Waals surface area contributed by atoms with Crippen LogP contribution >= 0.6 is 11.6 Å². The number of carbonyl (C=O) groups is 1. The largest absolute Gasteiger partial charge is 0.478 e. The Kier molecular flexibility index (Phi) is 3.76. The number of nitrogens with one attached hydrogen (secondary N) is 1. The quantitative estimate of drug-likeness (QED) is 0.830. The lowest BCUT2D eigenvalue weighted by atomic mass is 10.0. The van der Waals surface area contributed by atoms with E-state index in [1.54, 1.807) is 0 Å². The van der Waals surface area contributed by atoms with Crippen LogP contribution in [0.25, 0.3) is 0 Å². The fraction of sp³-hybridized carbons (Fsp3) is 0.538. The van der Waals surface area contributed by atoms with Crippen LogP contribution in [0.4, 0.5) is 5.82 Å². The van der Waals surface area contributed by atoms with Gasteiger partial charge in [-0.2, -0.15) is 0 Å². The lowest BCUT2D eigenvalue weighted by molar-refractivity contribution is 0.0697. The molecule has 0 aliphatic heterocycles. The van der Waals surface area contributed by atoms with E-state index in [4.69, 9.17) is 16.7 Å². The molecule has 98 valence electrons. The number of halogens is 1. The zero-order valence-electron chi connectivity index (χ0n) is 10.4. The minimum Gasteiger partial charge on any atom is -0.478 e. The van der Waals surface area contributed by atoms with Gasteiger partial charge < -0.3 is 10.4 Å². The summed E-state index contributed by atoms with van der Waals surface area (Å²) in [6, 6.07) is 1.49. The highest BCUT2D eigenvalue weighted by Crippen LogP contribution is 2.49. The molecule has 0 saturated heterocycles. The van der Waals surface area contributed by atoms with Crippen molar-refractivity contribution in [1.29, 1.82) is 0 Å². The van der Waals surface area contributed by atoms with Gasteiger partial charge in [0.25, 0.3) is 0 Å². The van der Waals surface area contributed by atoms with Crippen molar-refractivity contribution < 1.29 is 9.90 Å². The molecular weight excluding hydrogens is 252 g/mol. The fourth-order valence-electron chi connectivity index (χ4n) is 2.20. The summed E-state index contributed by atoms with van der Waals surface area (Å²) in [5.74, 6) is -0.445. The Hall–Kier alpha value is -1.29. The Balaban J connectivity index is 2.02. The topological polar surface area (TPSA) is 62.2 Å². The van der Waals surface area contributed by atoms with Crippen molar-refractivity contribution in [1.82, 2.24) is 4.98 Å². The van der Waals surface area contributed by atoms with E-state index in [0.29, 0.717) is 11.2 Å². The molecule has 5 heteroatoms. The first-order chi connectivity index (χ1) is 8.56. The van der Waals surface area contributed by atoms with Gasteiger partial charge in [-0.05, 0) is 30.7 Å². The number of carboxylic acids is 1. The molecule has 0 amide bonds. The van der Waals surface area contributed by atoms with Crippen LogP contribution in [0.15, 0.2) is 12.3 Å². The Labute approximate surface area is 111 Å². The second-order valence-electron chi connectivity index (χ2n) is 4.96. The van der Waals surface area contributed by atoms with Crippen LogP contribution < -0.4 is 5.32 Å². The molecule has 1 saturated carbocycles. The van der Waals surface area contributed by atoms with Gasteiger partial charge in [0.05, 0.1) is 10.6 Å². The predicted octanol–water partition coefficient (Wildman–Crippen LogP) is 3.43. The van der Waals surface area contributed by atoms with Crippen LogP contribution in [0.5, 0.6) is 0 Å². The maximum Gasteiger partial charge on any atom is 0.337 e. The van der Waals surface area contributed by atoms with Gasteiger partial charge in [0.1, 0.15) is 5.82 Å². The molecule has 1 aromatic heterocycles. The third-order valence-corrected chi connectivity index (χ3v) is 3.77. The Morgan fingerprint density at radius 3 is 2.89 bits per heavy atom. The number of anilines is 1. The molecule has 2 rings (SSSR count). The van der Waals surface area contributed by atoms with Crippen LogP contribution in [0.2, 0.25) is 5.02 Å². The van der Waals surface area contributed by atoms with Crippen molar-refractivity contribution in [3.63, 3.8) is 0 Å². The van der Waals surface area contributed by atoms with E-state index >= 15 is 0 Å².